The largest absolute Gasteiger partial charge is 0.331 e. The van der Waals surface area contributed by atoms with Crippen molar-refractivity contribution in [3.05, 3.63) is 52.2 Å². The zero-order valence-corrected chi connectivity index (χ0v) is 13.8. The molecule has 3 N–H and O–H groups in total. The van der Waals surface area contributed by atoms with Gasteiger partial charge in [0.2, 0.25) is 0 Å². The number of aromatic nitrogens is 2. The second-order valence-electron chi connectivity index (χ2n) is 4.80. The number of nitrogens with one attached hydrogen (secondary N) is 3. The average Bonchev–Trinajstić information content (AvgIpc) is 3.05. The Hall–Kier alpha value is -2.46. The molecular formula is C14H12FN5O2S2. The van der Waals surface area contributed by atoms with Crippen LogP contribution < -0.4 is 21.7 Å². The molecule has 1 aliphatic rings. The molecule has 3 rings (SSSR count). The van der Waals surface area contributed by atoms with Crippen molar-refractivity contribution < 1.29 is 9.18 Å². The van der Waals surface area contributed by atoms with Crippen LogP contribution in [-0.2, 0) is 6.54 Å². The molecule has 1 aromatic heterocycles. The minimum Gasteiger partial charge on any atom is -0.331 e. The molecule has 0 saturated carbocycles. The molecule has 2 aromatic rings. The van der Waals surface area contributed by atoms with Gasteiger partial charge in [0.15, 0.2) is 10.3 Å². The number of hydrogen-bond acceptors (Lipinski definition) is 5. The smallest absolute Gasteiger partial charge is 0.276 e. The molecule has 24 heavy (non-hydrogen) atoms. The van der Waals surface area contributed by atoms with Gasteiger partial charge in [-0.2, -0.15) is 0 Å². The number of hydrazine groups is 1. The Morgan fingerprint density at radius 1 is 1.29 bits per heavy atom. The fourth-order valence-corrected chi connectivity index (χ4v) is 3.13. The predicted octanol–water partition coefficient (Wildman–Crippen LogP) is 1.12. The number of anilines is 1. The van der Waals surface area contributed by atoms with E-state index in [1.807, 2.05) is 0 Å². The maximum absolute atomic E-state index is 12.8. The first-order valence-electron chi connectivity index (χ1n) is 6.90. The van der Waals surface area contributed by atoms with E-state index in [0.29, 0.717) is 17.4 Å². The van der Waals surface area contributed by atoms with E-state index < -0.39 is 5.91 Å². The summed E-state index contributed by atoms with van der Waals surface area (Å²) in [7, 11) is 0. The van der Waals surface area contributed by atoms with E-state index in [1.165, 1.54) is 46.8 Å². The lowest BCUT2D eigenvalue weighted by atomic mass is 10.3. The lowest BCUT2D eigenvalue weighted by Crippen LogP contribution is -2.45. The van der Waals surface area contributed by atoms with Crippen LogP contribution in [0, 0.1) is 5.82 Å². The third-order valence-corrected chi connectivity index (χ3v) is 4.37. The van der Waals surface area contributed by atoms with Crippen LogP contribution in [0.2, 0.25) is 0 Å². The molecule has 0 spiro atoms. The number of nitrogens with zero attached hydrogens (tertiary/aromatic N) is 2. The number of hydrogen-bond donors (Lipinski definition) is 3. The number of amides is 1. The Balaban J connectivity index is 1.60. The molecule has 0 saturated heterocycles. The molecule has 0 radical (unpaired) electrons. The third kappa shape index (κ3) is 3.54. The average molecular weight is 365 g/mol. The Bertz CT molecular complexity index is 853. The zero-order chi connectivity index (χ0) is 17.1. The van der Waals surface area contributed by atoms with E-state index in [1.54, 1.807) is 0 Å². The highest BCUT2D eigenvalue weighted by molar-refractivity contribution is 7.99. The van der Waals surface area contributed by atoms with Gasteiger partial charge in [0.25, 0.3) is 11.5 Å². The molecule has 2 heterocycles. The highest BCUT2D eigenvalue weighted by atomic mass is 32.2. The Kier molecular flexibility index (Phi) is 4.76. The summed E-state index contributed by atoms with van der Waals surface area (Å²) < 4.78 is 14.3. The van der Waals surface area contributed by atoms with Crippen LogP contribution in [0.4, 0.5) is 10.1 Å². The van der Waals surface area contributed by atoms with Gasteiger partial charge in [0.05, 0.1) is 0 Å². The molecule has 1 aliphatic heterocycles. The SMILES string of the molecule is O=C(NNC(=S)Nc1ccc(F)cc1)c1cnc2n(c1=O)CCS2. The third-order valence-electron chi connectivity index (χ3n) is 3.19. The monoisotopic (exact) mass is 365 g/mol. The molecule has 10 heteroatoms. The number of carbonyl (C=O) groups is 1. The Morgan fingerprint density at radius 3 is 2.79 bits per heavy atom. The fraction of sp³-hybridized carbons (Fsp3) is 0.143. The van der Waals surface area contributed by atoms with Crippen molar-refractivity contribution in [1.82, 2.24) is 20.4 Å². The van der Waals surface area contributed by atoms with Crippen LogP contribution in [0.3, 0.4) is 0 Å². The van der Waals surface area contributed by atoms with Gasteiger partial charge in [-0.15, -0.1) is 0 Å². The fourth-order valence-electron chi connectivity index (χ4n) is 2.05. The number of halogens is 1. The van der Waals surface area contributed by atoms with Gasteiger partial charge >= 0.3 is 0 Å². The van der Waals surface area contributed by atoms with Crippen LogP contribution in [0.5, 0.6) is 0 Å². The van der Waals surface area contributed by atoms with E-state index in [2.05, 4.69) is 21.2 Å². The number of fused-ring (bicyclic) bond motifs is 1. The van der Waals surface area contributed by atoms with Crippen LogP contribution >= 0.6 is 24.0 Å². The first-order valence-corrected chi connectivity index (χ1v) is 8.29. The van der Waals surface area contributed by atoms with Gasteiger partial charge in [-0.05, 0) is 36.5 Å². The van der Waals surface area contributed by atoms with Gasteiger partial charge in [0.1, 0.15) is 11.4 Å². The van der Waals surface area contributed by atoms with E-state index in [-0.39, 0.29) is 22.1 Å². The molecule has 0 aliphatic carbocycles. The van der Waals surface area contributed by atoms with Gasteiger partial charge in [-0.3, -0.25) is 25.0 Å². The second kappa shape index (κ2) is 6.97. The van der Waals surface area contributed by atoms with Crippen LogP contribution in [0.1, 0.15) is 10.4 Å². The van der Waals surface area contributed by atoms with E-state index in [9.17, 15) is 14.0 Å². The predicted molar refractivity (Wildman–Crippen MR) is 92.4 cm³/mol. The molecule has 0 atom stereocenters. The summed E-state index contributed by atoms with van der Waals surface area (Å²) in [6, 6.07) is 5.55. The minimum atomic E-state index is -0.636. The Labute approximate surface area is 145 Å². The van der Waals surface area contributed by atoms with E-state index in [0.717, 1.165) is 5.75 Å². The molecule has 7 nitrogen and oxygen atoms in total. The molecule has 0 unspecified atom stereocenters. The lowest BCUT2D eigenvalue weighted by Gasteiger charge is -2.11. The molecule has 1 amide bonds. The van der Waals surface area contributed by atoms with Crippen molar-refractivity contribution >= 4 is 40.7 Å². The number of benzene rings is 1. The van der Waals surface area contributed by atoms with Crippen LogP contribution in [0.25, 0.3) is 0 Å². The van der Waals surface area contributed by atoms with E-state index in [4.69, 9.17) is 12.2 Å². The summed E-state index contributed by atoms with van der Waals surface area (Å²) in [4.78, 5) is 28.4. The highest BCUT2D eigenvalue weighted by Crippen LogP contribution is 2.20. The topological polar surface area (TPSA) is 88.1 Å². The Morgan fingerprint density at radius 2 is 2.04 bits per heavy atom. The molecular weight excluding hydrogens is 353 g/mol. The number of carbonyl (C=O) groups excluding carboxylic acids is 1. The molecule has 124 valence electrons. The van der Waals surface area contributed by atoms with Crippen molar-refractivity contribution in [2.75, 3.05) is 11.1 Å². The number of rotatable bonds is 2. The minimum absolute atomic E-state index is 0.0710. The van der Waals surface area contributed by atoms with Gasteiger partial charge in [-0.1, -0.05) is 11.8 Å². The maximum atomic E-state index is 12.8. The molecule has 0 bridgehead atoms. The standard InChI is InChI=1S/C14H12FN5O2S2/c15-8-1-3-9(4-2-8)17-13(23)19-18-11(21)10-7-16-14-20(12(10)22)5-6-24-14/h1-4,7H,5-6H2,(H,18,21)(H2,17,19,23). The van der Waals surface area contributed by atoms with Crippen molar-refractivity contribution in [3.63, 3.8) is 0 Å². The molecule has 0 fully saturated rings. The van der Waals surface area contributed by atoms with Gasteiger partial charge in [-0.25, -0.2) is 9.37 Å². The summed E-state index contributed by atoms with van der Waals surface area (Å²) in [5.41, 5.74) is 4.92. The summed E-state index contributed by atoms with van der Waals surface area (Å²) in [5, 5.41) is 3.48. The summed E-state index contributed by atoms with van der Waals surface area (Å²) in [6.45, 7) is 0.533. The van der Waals surface area contributed by atoms with Crippen LogP contribution in [-0.4, -0.2) is 26.3 Å². The first kappa shape index (κ1) is 16.4. The normalized spacial score (nSPS) is 12.4. The van der Waals surface area contributed by atoms with Crippen molar-refractivity contribution in [2.45, 2.75) is 11.7 Å². The number of thiocarbonyl (C=S) groups is 1. The summed E-state index contributed by atoms with van der Waals surface area (Å²) in [6.07, 6.45) is 1.25. The second-order valence-corrected chi connectivity index (χ2v) is 6.27. The van der Waals surface area contributed by atoms with E-state index >= 15 is 0 Å². The zero-order valence-electron chi connectivity index (χ0n) is 12.2. The van der Waals surface area contributed by atoms with Crippen LogP contribution in [0.15, 0.2) is 40.4 Å². The van der Waals surface area contributed by atoms with Crippen molar-refractivity contribution in [1.29, 1.82) is 0 Å². The quantitative estimate of drug-likeness (QED) is 0.418. The molecule has 1 aromatic carbocycles. The first-order chi connectivity index (χ1) is 11.5. The van der Waals surface area contributed by atoms with Gasteiger partial charge in [0, 0.05) is 24.2 Å². The van der Waals surface area contributed by atoms with Crippen molar-refractivity contribution in [2.24, 2.45) is 0 Å². The maximum Gasteiger partial charge on any atom is 0.276 e. The summed E-state index contributed by atoms with van der Waals surface area (Å²) in [5.74, 6) is -0.240. The van der Waals surface area contributed by atoms with Gasteiger partial charge < -0.3 is 5.32 Å². The lowest BCUT2D eigenvalue weighted by molar-refractivity contribution is 0.0941. The number of thioether (sulfide) groups is 1. The summed E-state index contributed by atoms with van der Waals surface area (Å²) >= 11 is 6.49. The highest BCUT2D eigenvalue weighted by Gasteiger charge is 2.19. The van der Waals surface area contributed by atoms with Crippen molar-refractivity contribution in [3.8, 4) is 0 Å².